The fraction of sp³-hybridized carbons (Fsp3) is 0.278. The van der Waals surface area contributed by atoms with Crippen LogP contribution in [0.4, 0.5) is 0 Å². The van der Waals surface area contributed by atoms with Crippen LogP contribution in [0.25, 0.3) is 22.4 Å². The Morgan fingerprint density at radius 1 is 1.14 bits per heavy atom. The van der Waals surface area contributed by atoms with E-state index in [1.54, 1.807) is 0 Å². The molecule has 0 saturated carbocycles. The molecule has 1 aliphatic heterocycles. The molecule has 1 aliphatic rings. The van der Waals surface area contributed by atoms with Gasteiger partial charge in [0.05, 0.1) is 11.0 Å². The number of aromatic nitrogens is 2. The minimum Gasteiger partial charge on any atom is -0.327 e. The molecule has 3 heteroatoms. The number of imidazole rings is 1. The standard InChI is InChI=1S/C18H19N3/c1-12-4-3-5-16-17(12)21(2)18(20-16)14-7-6-13-8-9-19-11-15(13)10-14/h3-7,10,19H,8-9,11H2,1-2H3. The SMILES string of the molecule is Cc1cccc2nc(-c3ccc4c(c3)CNCC4)n(C)c12. The zero-order valence-corrected chi connectivity index (χ0v) is 12.5. The molecule has 1 N–H and O–H groups in total. The van der Waals surface area contributed by atoms with Gasteiger partial charge in [0.15, 0.2) is 0 Å². The van der Waals surface area contributed by atoms with Crippen LogP contribution >= 0.6 is 0 Å². The lowest BCUT2D eigenvalue weighted by Crippen LogP contribution is -2.23. The van der Waals surface area contributed by atoms with Crippen molar-refractivity contribution in [2.45, 2.75) is 19.9 Å². The van der Waals surface area contributed by atoms with Gasteiger partial charge in [0, 0.05) is 19.2 Å². The number of benzene rings is 2. The highest BCUT2D eigenvalue weighted by atomic mass is 15.1. The van der Waals surface area contributed by atoms with Crippen molar-refractivity contribution in [3.8, 4) is 11.4 Å². The van der Waals surface area contributed by atoms with E-state index in [1.165, 1.54) is 27.8 Å². The number of para-hydroxylation sites is 1. The van der Waals surface area contributed by atoms with Crippen LogP contribution in [0.5, 0.6) is 0 Å². The Morgan fingerprint density at radius 2 is 2.05 bits per heavy atom. The molecular formula is C18H19N3. The zero-order chi connectivity index (χ0) is 14.4. The first-order chi connectivity index (χ1) is 10.2. The first-order valence-electron chi connectivity index (χ1n) is 7.49. The average Bonchev–Trinajstić information content (AvgIpc) is 2.85. The zero-order valence-electron chi connectivity index (χ0n) is 12.5. The van der Waals surface area contributed by atoms with Gasteiger partial charge in [0.25, 0.3) is 0 Å². The van der Waals surface area contributed by atoms with Gasteiger partial charge >= 0.3 is 0 Å². The van der Waals surface area contributed by atoms with Gasteiger partial charge in [-0.05, 0) is 48.7 Å². The lowest BCUT2D eigenvalue weighted by atomic mass is 9.98. The van der Waals surface area contributed by atoms with E-state index in [2.05, 4.69) is 60.3 Å². The highest BCUT2D eigenvalue weighted by molar-refractivity contribution is 5.83. The monoisotopic (exact) mass is 277 g/mol. The molecular weight excluding hydrogens is 258 g/mol. The summed E-state index contributed by atoms with van der Waals surface area (Å²) in [5, 5.41) is 3.44. The molecule has 0 saturated heterocycles. The summed E-state index contributed by atoms with van der Waals surface area (Å²) in [7, 11) is 2.11. The Morgan fingerprint density at radius 3 is 2.90 bits per heavy atom. The first kappa shape index (κ1) is 12.6. The maximum absolute atomic E-state index is 4.83. The van der Waals surface area contributed by atoms with E-state index in [0.29, 0.717) is 0 Å². The van der Waals surface area contributed by atoms with E-state index >= 15 is 0 Å². The number of aryl methyl sites for hydroxylation is 2. The fourth-order valence-corrected chi connectivity index (χ4v) is 3.34. The molecule has 0 bridgehead atoms. The van der Waals surface area contributed by atoms with E-state index in [1.807, 2.05) is 0 Å². The van der Waals surface area contributed by atoms with Gasteiger partial charge < -0.3 is 9.88 Å². The minimum atomic E-state index is 0.964. The molecule has 0 amide bonds. The Hall–Kier alpha value is -2.13. The predicted octanol–water partition coefficient (Wildman–Crippen LogP) is 3.19. The molecule has 106 valence electrons. The maximum Gasteiger partial charge on any atom is 0.140 e. The molecule has 3 nitrogen and oxygen atoms in total. The number of nitrogens with zero attached hydrogens (tertiary/aromatic N) is 2. The predicted molar refractivity (Wildman–Crippen MR) is 86.3 cm³/mol. The van der Waals surface area contributed by atoms with Gasteiger partial charge in [0.2, 0.25) is 0 Å². The summed E-state index contributed by atoms with van der Waals surface area (Å²) in [4.78, 5) is 4.83. The van der Waals surface area contributed by atoms with Gasteiger partial charge in [-0.2, -0.15) is 0 Å². The van der Waals surface area contributed by atoms with Crippen molar-refractivity contribution in [1.29, 1.82) is 0 Å². The second-order valence-electron chi connectivity index (χ2n) is 5.85. The summed E-state index contributed by atoms with van der Waals surface area (Å²) in [6.45, 7) is 4.19. The van der Waals surface area contributed by atoms with E-state index in [0.717, 1.165) is 30.9 Å². The van der Waals surface area contributed by atoms with Crippen molar-refractivity contribution in [3.05, 3.63) is 53.1 Å². The number of hydrogen-bond donors (Lipinski definition) is 1. The lowest BCUT2D eigenvalue weighted by Gasteiger charge is -2.17. The fourth-order valence-electron chi connectivity index (χ4n) is 3.34. The molecule has 0 atom stereocenters. The third-order valence-corrected chi connectivity index (χ3v) is 4.45. The third kappa shape index (κ3) is 1.96. The normalized spacial score (nSPS) is 14.4. The van der Waals surface area contributed by atoms with Gasteiger partial charge in [-0.3, -0.25) is 0 Å². The molecule has 21 heavy (non-hydrogen) atoms. The third-order valence-electron chi connectivity index (χ3n) is 4.45. The molecule has 2 heterocycles. The summed E-state index contributed by atoms with van der Waals surface area (Å²) in [5.41, 5.74) is 7.64. The average molecular weight is 277 g/mol. The molecule has 0 aliphatic carbocycles. The van der Waals surface area contributed by atoms with Gasteiger partial charge in [0.1, 0.15) is 5.82 Å². The second-order valence-corrected chi connectivity index (χ2v) is 5.85. The van der Waals surface area contributed by atoms with Gasteiger partial charge in [-0.25, -0.2) is 4.98 Å². The van der Waals surface area contributed by atoms with Crippen LogP contribution < -0.4 is 5.32 Å². The highest BCUT2D eigenvalue weighted by Gasteiger charge is 2.14. The number of rotatable bonds is 1. The van der Waals surface area contributed by atoms with E-state index in [-0.39, 0.29) is 0 Å². The van der Waals surface area contributed by atoms with Crippen LogP contribution in [-0.2, 0) is 20.0 Å². The molecule has 1 aromatic heterocycles. The molecule has 0 radical (unpaired) electrons. The number of nitrogens with one attached hydrogen (secondary N) is 1. The summed E-state index contributed by atoms with van der Waals surface area (Å²) < 4.78 is 2.21. The largest absolute Gasteiger partial charge is 0.327 e. The van der Waals surface area contributed by atoms with Crippen molar-refractivity contribution in [1.82, 2.24) is 14.9 Å². The van der Waals surface area contributed by atoms with E-state index in [9.17, 15) is 0 Å². The van der Waals surface area contributed by atoms with Gasteiger partial charge in [-0.1, -0.05) is 24.3 Å². The maximum atomic E-state index is 4.83. The molecule has 3 aromatic rings. The lowest BCUT2D eigenvalue weighted by molar-refractivity contribution is 0.644. The number of hydrogen-bond acceptors (Lipinski definition) is 2. The molecule has 0 fully saturated rings. The minimum absolute atomic E-state index is 0.964. The van der Waals surface area contributed by atoms with Crippen LogP contribution in [0.15, 0.2) is 36.4 Å². The van der Waals surface area contributed by atoms with Crippen LogP contribution in [0.2, 0.25) is 0 Å². The molecule has 2 aromatic carbocycles. The second kappa shape index (κ2) is 4.71. The van der Waals surface area contributed by atoms with Crippen molar-refractivity contribution < 1.29 is 0 Å². The van der Waals surface area contributed by atoms with Crippen LogP contribution in [0.1, 0.15) is 16.7 Å². The quantitative estimate of drug-likeness (QED) is 0.740. The molecule has 0 spiro atoms. The Balaban J connectivity index is 1.90. The summed E-state index contributed by atoms with van der Waals surface area (Å²) in [6.07, 6.45) is 1.12. The van der Waals surface area contributed by atoms with Crippen LogP contribution in [-0.4, -0.2) is 16.1 Å². The van der Waals surface area contributed by atoms with Crippen molar-refractivity contribution in [2.75, 3.05) is 6.54 Å². The van der Waals surface area contributed by atoms with Gasteiger partial charge in [-0.15, -0.1) is 0 Å². The Kier molecular flexibility index (Phi) is 2.82. The van der Waals surface area contributed by atoms with E-state index in [4.69, 9.17) is 4.98 Å². The van der Waals surface area contributed by atoms with Crippen LogP contribution in [0.3, 0.4) is 0 Å². The van der Waals surface area contributed by atoms with Crippen molar-refractivity contribution >= 4 is 11.0 Å². The van der Waals surface area contributed by atoms with Crippen LogP contribution in [0, 0.1) is 6.92 Å². The molecule has 0 unspecified atom stereocenters. The number of fused-ring (bicyclic) bond motifs is 2. The first-order valence-corrected chi connectivity index (χ1v) is 7.49. The smallest absolute Gasteiger partial charge is 0.140 e. The Labute approximate surface area is 124 Å². The summed E-state index contributed by atoms with van der Waals surface area (Å²) in [6, 6.07) is 13.1. The van der Waals surface area contributed by atoms with E-state index < -0.39 is 0 Å². The Bertz CT molecular complexity index is 830. The summed E-state index contributed by atoms with van der Waals surface area (Å²) >= 11 is 0. The van der Waals surface area contributed by atoms with Crippen molar-refractivity contribution in [2.24, 2.45) is 7.05 Å². The topological polar surface area (TPSA) is 29.9 Å². The summed E-state index contributed by atoms with van der Waals surface area (Å²) in [5.74, 6) is 1.05. The highest BCUT2D eigenvalue weighted by Crippen LogP contribution is 2.28. The van der Waals surface area contributed by atoms with Crippen molar-refractivity contribution in [3.63, 3.8) is 0 Å². The molecule has 4 rings (SSSR count).